The monoisotopic (exact) mass is 301 g/mol. The Morgan fingerprint density at radius 1 is 1.19 bits per heavy atom. The summed E-state index contributed by atoms with van der Waals surface area (Å²) in [6.45, 7) is 6.16. The Hall–Kier alpha value is -2.14. The predicted molar refractivity (Wildman–Crippen MR) is 89.6 cm³/mol. The molecule has 0 saturated heterocycles. The van der Waals surface area contributed by atoms with Crippen molar-refractivity contribution in [2.45, 2.75) is 13.8 Å². The van der Waals surface area contributed by atoms with Gasteiger partial charge in [0.15, 0.2) is 0 Å². The van der Waals surface area contributed by atoms with Crippen LogP contribution in [0.4, 0.5) is 11.4 Å². The first kappa shape index (κ1) is 15.3. The van der Waals surface area contributed by atoms with Crippen LogP contribution in [0.1, 0.15) is 24.2 Å². The molecule has 110 valence electrons. The number of aromatic amines is 1. The molecule has 0 aliphatic rings. The quantitative estimate of drug-likeness (QED) is 0.825. The number of H-pyrrole nitrogens is 1. The fraction of sp³-hybridized carbons (Fsp3) is 0.250. The number of aromatic nitrogens is 1. The fourth-order valence-electron chi connectivity index (χ4n) is 2.14. The number of hydrogen-bond acceptors (Lipinski definition) is 3. The van der Waals surface area contributed by atoms with Crippen LogP contribution in [0.15, 0.2) is 42.6 Å². The Bertz CT molecular complexity index is 660. The third-order valence-electron chi connectivity index (χ3n) is 3.32. The van der Waals surface area contributed by atoms with E-state index in [0.29, 0.717) is 10.2 Å². The van der Waals surface area contributed by atoms with Gasteiger partial charge in [-0.1, -0.05) is 12.2 Å². The number of benzene rings is 1. The van der Waals surface area contributed by atoms with Crippen LogP contribution in [0.25, 0.3) is 0 Å². The van der Waals surface area contributed by atoms with E-state index in [1.54, 1.807) is 18.3 Å². The normalized spacial score (nSPS) is 10.2. The van der Waals surface area contributed by atoms with Gasteiger partial charge >= 0.3 is 0 Å². The second-order valence-corrected chi connectivity index (χ2v) is 4.99. The second-order valence-electron chi connectivity index (χ2n) is 4.59. The van der Waals surface area contributed by atoms with Gasteiger partial charge in [0.05, 0.1) is 5.56 Å². The van der Waals surface area contributed by atoms with Crippen LogP contribution in [0, 0.1) is 4.64 Å². The van der Waals surface area contributed by atoms with E-state index in [0.717, 1.165) is 24.5 Å². The molecular weight excluding hydrogens is 282 g/mol. The Morgan fingerprint density at radius 2 is 1.86 bits per heavy atom. The third kappa shape index (κ3) is 3.70. The maximum Gasteiger partial charge on any atom is 0.258 e. The summed E-state index contributed by atoms with van der Waals surface area (Å²) in [5, 5.41) is 2.86. The smallest absolute Gasteiger partial charge is 0.258 e. The molecule has 0 bridgehead atoms. The topological polar surface area (TPSA) is 48.1 Å². The molecular formula is C16H19N3OS. The molecule has 0 spiro atoms. The van der Waals surface area contributed by atoms with Gasteiger partial charge in [0.1, 0.15) is 4.64 Å². The number of carbonyl (C=O) groups is 1. The summed E-state index contributed by atoms with van der Waals surface area (Å²) in [6.07, 6.45) is 1.71. The molecule has 2 N–H and O–H groups in total. The second kappa shape index (κ2) is 7.04. The van der Waals surface area contributed by atoms with Crippen LogP contribution < -0.4 is 10.2 Å². The zero-order chi connectivity index (χ0) is 15.2. The summed E-state index contributed by atoms with van der Waals surface area (Å²) in [7, 11) is 0. The van der Waals surface area contributed by atoms with Gasteiger partial charge in [-0.25, -0.2) is 0 Å². The Morgan fingerprint density at radius 3 is 2.43 bits per heavy atom. The number of carbonyl (C=O) groups excluding carboxylic acids is 1. The lowest BCUT2D eigenvalue weighted by molar-refractivity contribution is 0.102. The Kier molecular flexibility index (Phi) is 5.11. The number of rotatable bonds is 5. The summed E-state index contributed by atoms with van der Waals surface area (Å²) in [4.78, 5) is 17.3. The van der Waals surface area contributed by atoms with Crippen molar-refractivity contribution in [1.29, 1.82) is 0 Å². The molecule has 0 saturated carbocycles. The molecule has 1 amide bonds. The fourth-order valence-corrected chi connectivity index (χ4v) is 2.37. The highest BCUT2D eigenvalue weighted by molar-refractivity contribution is 7.71. The van der Waals surface area contributed by atoms with Gasteiger partial charge in [-0.2, -0.15) is 0 Å². The molecule has 21 heavy (non-hydrogen) atoms. The predicted octanol–water partition coefficient (Wildman–Crippen LogP) is 3.84. The summed E-state index contributed by atoms with van der Waals surface area (Å²) < 4.78 is 0.440. The molecule has 1 heterocycles. The van der Waals surface area contributed by atoms with E-state index in [-0.39, 0.29) is 5.91 Å². The average molecular weight is 301 g/mol. The van der Waals surface area contributed by atoms with Crippen LogP contribution >= 0.6 is 12.2 Å². The number of anilines is 2. The molecule has 4 nitrogen and oxygen atoms in total. The molecule has 2 aromatic rings. The summed E-state index contributed by atoms with van der Waals surface area (Å²) >= 11 is 5.11. The van der Waals surface area contributed by atoms with Crippen LogP contribution in [0.3, 0.4) is 0 Å². The highest BCUT2D eigenvalue weighted by Crippen LogP contribution is 2.18. The van der Waals surface area contributed by atoms with Gasteiger partial charge < -0.3 is 15.2 Å². The number of nitrogens with zero attached hydrogens (tertiary/aromatic N) is 1. The van der Waals surface area contributed by atoms with Crippen molar-refractivity contribution in [3.8, 4) is 0 Å². The molecule has 1 aromatic carbocycles. The molecule has 0 fully saturated rings. The number of amides is 1. The van der Waals surface area contributed by atoms with E-state index >= 15 is 0 Å². The minimum Gasteiger partial charge on any atom is -0.372 e. The minimum atomic E-state index is -0.201. The van der Waals surface area contributed by atoms with Crippen molar-refractivity contribution in [3.05, 3.63) is 52.8 Å². The molecule has 5 heteroatoms. The van der Waals surface area contributed by atoms with Crippen LogP contribution in [-0.4, -0.2) is 24.0 Å². The summed E-state index contributed by atoms with van der Waals surface area (Å²) in [6, 6.07) is 11.3. The highest BCUT2D eigenvalue weighted by atomic mass is 32.1. The van der Waals surface area contributed by atoms with Crippen molar-refractivity contribution >= 4 is 29.5 Å². The van der Waals surface area contributed by atoms with E-state index in [1.165, 1.54) is 0 Å². The number of pyridine rings is 1. The van der Waals surface area contributed by atoms with Crippen LogP contribution in [0.2, 0.25) is 0 Å². The van der Waals surface area contributed by atoms with Gasteiger partial charge in [-0.3, -0.25) is 4.79 Å². The number of hydrogen-bond donors (Lipinski definition) is 2. The van der Waals surface area contributed by atoms with Crippen molar-refractivity contribution in [1.82, 2.24) is 4.98 Å². The first-order valence-corrected chi connectivity index (χ1v) is 7.40. The average Bonchev–Trinajstić information content (AvgIpc) is 2.50. The van der Waals surface area contributed by atoms with E-state index in [4.69, 9.17) is 12.2 Å². The lowest BCUT2D eigenvalue weighted by atomic mass is 10.2. The van der Waals surface area contributed by atoms with Crippen molar-refractivity contribution in [2.75, 3.05) is 23.3 Å². The first-order valence-electron chi connectivity index (χ1n) is 6.99. The zero-order valence-electron chi connectivity index (χ0n) is 12.2. The van der Waals surface area contributed by atoms with Gasteiger partial charge in [0.2, 0.25) is 0 Å². The number of nitrogens with one attached hydrogen (secondary N) is 2. The van der Waals surface area contributed by atoms with Gasteiger partial charge in [-0.05, 0) is 50.2 Å². The summed E-state index contributed by atoms with van der Waals surface area (Å²) in [5.41, 5.74) is 2.38. The molecule has 0 atom stereocenters. The van der Waals surface area contributed by atoms with E-state index in [9.17, 15) is 4.79 Å². The van der Waals surface area contributed by atoms with Crippen molar-refractivity contribution < 1.29 is 4.79 Å². The lowest BCUT2D eigenvalue weighted by Gasteiger charge is -2.21. The van der Waals surface area contributed by atoms with Gasteiger partial charge in [-0.15, -0.1) is 0 Å². The van der Waals surface area contributed by atoms with Crippen molar-refractivity contribution in [3.63, 3.8) is 0 Å². The molecule has 0 aliphatic heterocycles. The third-order valence-corrected chi connectivity index (χ3v) is 3.65. The lowest BCUT2D eigenvalue weighted by Crippen LogP contribution is -2.21. The van der Waals surface area contributed by atoms with Crippen molar-refractivity contribution in [2.24, 2.45) is 0 Å². The zero-order valence-corrected chi connectivity index (χ0v) is 13.0. The summed E-state index contributed by atoms with van der Waals surface area (Å²) in [5.74, 6) is -0.201. The molecule has 0 unspecified atom stereocenters. The maximum absolute atomic E-state index is 12.2. The van der Waals surface area contributed by atoms with Crippen LogP contribution in [0.5, 0.6) is 0 Å². The van der Waals surface area contributed by atoms with Gasteiger partial charge in [0, 0.05) is 30.7 Å². The van der Waals surface area contributed by atoms with E-state index in [2.05, 4.69) is 29.0 Å². The maximum atomic E-state index is 12.2. The first-order chi connectivity index (χ1) is 10.2. The van der Waals surface area contributed by atoms with E-state index < -0.39 is 0 Å². The van der Waals surface area contributed by atoms with Gasteiger partial charge in [0.25, 0.3) is 5.91 Å². The van der Waals surface area contributed by atoms with Crippen LogP contribution in [-0.2, 0) is 0 Å². The molecule has 2 rings (SSSR count). The Labute approximate surface area is 129 Å². The molecule has 1 aromatic heterocycles. The molecule has 0 radical (unpaired) electrons. The standard InChI is InChI=1S/C16H19N3OS/c1-3-19(4-2)13-9-7-12(8-10-13)18-15(20)14-6-5-11-17-16(14)21/h5-11H,3-4H2,1-2H3,(H,17,21)(H,18,20). The highest BCUT2D eigenvalue weighted by Gasteiger charge is 2.08. The SMILES string of the molecule is CCN(CC)c1ccc(NC(=O)c2ccc[nH]c2=S)cc1. The Balaban J connectivity index is 2.12. The molecule has 0 aliphatic carbocycles. The van der Waals surface area contributed by atoms with E-state index in [1.807, 2.05) is 24.3 Å². The minimum absolute atomic E-state index is 0.201. The largest absolute Gasteiger partial charge is 0.372 e.